The molecule has 1 N–H and O–H groups in total. The minimum absolute atomic E-state index is 0.219. The molecule has 0 aliphatic rings. The van der Waals surface area contributed by atoms with Gasteiger partial charge >= 0.3 is 0 Å². The Balaban J connectivity index is 2.15. The van der Waals surface area contributed by atoms with Gasteiger partial charge in [-0.3, -0.25) is 0 Å². The van der Waals surface area contributed by atoms with Crippen molar-refractivity contribution in [1.29, 1.82) is 0 Å². The number of H-pyrrole nitrogens is 1. The molecule has 0 fully saturated rings. The molecule has 2 aromatic carbocycles. The highest BCUT2D eigenvalue weighted by Gasteiger charge is 2.22. The zero-order valence-corrected chi connectivity index (χ0v) is 13.0. The second-order valence-corrected chi connectivity index (χ2v) is 6.66. The number of nitrogens with one attached hydrogen (secondary N) is 1. The molecule has 22 heavy (non-hydrogen) atoms. The predicted octanol–water partition coefficient (Wildman–Crippen LogP) is 3.02. The average Bonchev–Trinajstić information content (AvgIpc) is 2.98. The minimum atomic E-state index is -3.61. The molecule has 0 unspecified atom stereocenters. The van der Waals surface area contributed by atoms with Gasteiger partial charge in [-0.25, -0.2) is 8.42 Å². The van der Waals surface area contributed by atoms with E-state index < -0.39 is 9.84 Å². The number of sulfone groups is 1. The van der Waals surface area contributed by atoms with Crippen LogP contribution >= 0.6 is 0 Å². The Hall–Kier alpha value is -2.47. The van der Waals surface area contributed by atoms with Gasteiger partial charge in [0.25, 0.3) is 0 Å². The van der Waals surface area contributed by atoms with Crippen LogP contribution < -0.4 is 9.47 Å². The second kappa shape index (κ2) is 5.38. The van der Waals surface area contributed by atoms with Crippen LogP contribution in [0.3, 0.4) is 0 Å². The molecule has 1 heterocycles. The van der Waals surface area contributed by atoms with Gasteiger partial charge in [0.05, 0.1) is 24.0 Å². The number of aromatic nitrogens is 1. The predicted molar refractivity (Wildman–Crippen MR) is 83.3 cm³/mol. The molecule has 1 aromatic heterocycles. The Bertz CT molecular complexity index is 911. The lowest BCUT2D eigenvalue weighted by Gasteiger charge is -2.05. The lowest BCUT2D eigenvalue weighted by atomic mass is 10.2. The normalized spacial score (nSPS) is 11.5. The van der Waals surface area contributed by atoms with E-state index in [1.165, 1.54) is 25.4 Å². The first-order chi connectivity index (χ1) is 10.6. The van der Waals surface area contributed by atoms with Crippen molar-refractivity contribution in [2.75, 3.05) is 14.2 Å². The quantitative estimate of drug-likeness (QED) is 0.803. The number of aromatic amines is 1. The van der Waals surface area contributed by atoms with E-state index in [1.54, 1.807) is 37.4 Å². The summed E-state index contributed by atoms with van der Waals surface area (Å²) in [7, 11) is -0.530. The molecule has 0 aliphatic carbocycles. The van der Waals surface area contributed by atoms with Crippen LogP contribution in [-0.4, -0.2) is 27.6 Å². The van der Waals surface area contributed by atoms with Crippen LogP contribution in [-0.2, 0) is 9.84 Å². The number of benzene rings is 2. The summed E-state index contributed by atoms with van der Waals surface area (Å²) >= 11 is 0. The fourth-order valence-electron chi connectivity index (χ4n) is 2.31. The fraction of sp³-hybridized carbons (Fsp3) is 0.125. The number of methoxy groups -OCH3 is 2. The van der Waals surface area contributed by atoms with E-state index in [0.717, 1.165) is 5.52 Å². The van der Waals surface area contributed by atoms with Gasteiger partial charge in [0.2, 0.25) is 9.84 Å². The molecule has 0 amide bonds. The van der Waals surface area contributed by atoms with E-state index in [9.17, 15) is 8.42 Å². The highest BCUT2D eigenvalue weighted by molar-refractivity contribution is 7.91. The van der Waals surface area contributed by atoms with Gasteiger partial charge < -0.3 is 14.5 Å². The molecule has 0 radical (unpaired) electrons. The van der Waals surface area contributed by atoms with Crippen molar-refractivity contribution in [3.8, 4) is 11.5 Å². The van der Waals surface area contributed by atoms with Gasteiger partial charge in [0.15, 0.2) is 0 Å². The molecule has 0 spiro atoms. The van der Waals surface area contributed by atoms with Crippen LogP contribution in [0.1, 0.15) is 0 Å². The van der Waals surface area contributed by atoms with Gasteiger partial charge in [0, 0.05) is 17.1 Å². The number of hydrogen-bond acceptors (Lipinski definition) is 4. The molecule has 3 aromatic rings. The van der Waals surface area contributed by atoms with Crippen molar-refractivity contribution < 1.29 is 17.9 Å². The largest absolute Gasteiger partial charge is 0.497 e. The Morgan fingerprint density at radius 2 is 1.55 bits per heavy atom. The number of ether oxygens (including phenoxy) is 2. The molecular weight excluding hydrogens is 302 g/mol. The molecule has 6 heteroatoms. The van der Waals surface area contributed by atoms with Gasteiger partial charge in [-0.05, 0) is 42.5 Å². The van der Waals surface area contributed by atoms with Crippen molar-refractivity contribution >= 4 is 20.7 Å². The first-order valence-corrected chi connectivity index (χ1v) is 8.09. The van der Waals surface area contributed by atoms with Crippen LogP contribution in [0.25, 0.3) is 10.9 Å². The van der Waals surface area contributed by atoms with Crippen molar-refractivity contribution in [3.05, 3.63) is 48.7 Å². The summed E-state index contributed by atoms with van der Waals surface area (Å²) in [6.45, 7) is 0. The number of rotatable bonds is 4. The van der Waals surface area contributed by atoms with Gasteiger partial charge in [-0.1, -0.05) is 0 Å². The summed E-state index contributed by atoms with van der Waals surface area (Å²) in [5.74, 6) is 1.22. The van der Waals surface area contributed by atoms with Gasteiger partial charge in [0.1, 0.15) is 11.5 Å². The Labute approximate surface area is 128 Å². The molecular formula is C16H15NO4S. The van der Waals surface area contributed by atoms with Crippen LogP contribution in [0.15, 0.2) is 58.5 Å². The lowest BCUT2D eigenvalue weighted by molar-refractivity contribution is 0.414. The van der Waals surface area contributed by atoms with E-state index in [2.05, 4.69) is 4.98 Å². The highest BCUT2D eigenvalue weighted by atomic mass is 32.2. The third-order valence-electron chi connectivity index (χ3n) is 3.51. The standard InChI is InChI=1S/C16H15NO4S/c1-20-11-3-6-13(7-4-11)22(18,19)16-10-17-15-8-5-12(21-2)9-14(15)16/h3-10,17H,1-2H3. The van der Waals surface area contributed by atoms with Crippen molar-refractivity contribution in [2.24, 2.45) is 0 Å². The average molecular weight is 317 g/mol. The third-order valence-corrected chi connectivity index (χ3v) is 5.32. The maximum Gasteiger partial charge on any atom is 0.208 e. The van der Waals surface area contributed by atoms with Crippen LogP contribution in [0, 0.1) is 0 Å². The van der Waals surface area contributed by atoms with E-state index in [4.69, 9.17) is 9.47 Å². The summed E-state index contributed by atoms with van der Waals surface area (Å²) in [4.78, 5) is 3.43. The maximum absolute atomic E-state index is 12.8. The molecule has 3 rings (SSSR count). The van der Waals surface area contributed by atoms with Crippen LogP contribution in [0.2, 0.25) is 0 Å². The minimum Gasteiger partial charge on any atom is -0.497 e. The second-order valence-electron chi connectivity index (χ2n) is 4.74. The molecule has 0 saturated carbocycles. The van der Waals surface area contributed by atoms with E-state index in [0.29, 0.717) is 16.9 Å². The molecule has 0 aliphatic heterocycles. The van der Waals surface area contributed by atoms with Gasteiger partial charge in [-0.15, -0.1) is 0 Å². The summed E-state index contributed by atoms with van der Waals surface area (Å²) in [6, 6.07) is 11.6. The van der Waals surface area contributed by atoms with Gasteiger partial charge in [-0.2, -0.15) is 0 Å². The van der Waals surface area contributed by atoms with Crippen LogP contribution in [0.5, 0.6) is 11.5 Å². The molecule has 0 saturated heterocycles. The van der Waals surface area contributed by atoms with Crippen molar-refractivity contribution in [2.45, 2.75) is 9.79 Å². The monoisotopic (exact) mass is 317 g/mol. The zero-order valence-electron chi connectivity index (χ0n) is 12.2. The van der Waals surface area contributed by atoms with Crippen LogP contribution in [0.4, 0.5) is 0 Å². The summed E-state index contributed by atoms with van der Waals surface area (Å²) in [5.41, 5.74) is 0.743. The summed E-state index contributed by atoms with van der Waals surface area (Å²) in [6.07, 6.45) is 1.50. The topological polar surface area (TPSA) is 68.4 Å². The summed E-state index contributed by atoms with van der Waals surface area (Å²) < 4.78 is 35.8. The molecule has 5 nitrogen and oxygen atoms in total. The van der Waals surface area contributed by atoms with E-state index >= 15 is 0 Å². The molecule has 0 atom stereocenters. The van der Waals surface area contributed by atoms with E-state index in [1.807, 2.05) is 0 Å². The Morgan fingerprint density at radius 1 is 0.909 bits per heavy atom. The lowest BCUT2D eigenvalue weighted by Crippen LogP contribution is -2.01. The first-order valence-electron chi connectivity index (χ1n) is 6.60. The SMILES string of the molecule is COc1ccc(S(=O)(=O)c2c[nH]c3ccc(OC)cc23)cc1. The smallest absolute Gasteiger partial charge is 0.208 e. The molecule has 0 bridgehead atoms. The fourth-order valence-corrected chi connectivity index (χ4v) is 3.73. The Kier molecular flexibility index (Phi) is 3.54. The maximum atomic E-state index is 12.8. The van der Waals surface area contributed by atoms with E-state index in [-0.39, 0.29) is 9.79 Å². The number of hydrogen-bond donors (Lipinski definition) is 1. The van der Waals surface area contributed by atoms with Crippen molar-refractivity contribution in [1.82, 2.24) is 4.98 Å². The third kappa shape index (κ3) is 2.31. The highest BCUT2D eigenvalue weighted by Crippen LogP contribution is 2.31. The Morgan fingerprint density at radius 3 is 2.18 bits per heavy atom. The zero-order chi connectivity index (χ0) is 15.7. The van der Waals surface area contributed by atoms with Crippen molar-refractivity contribution in [3.63, 3.8) is 0 Å². The number of fused-ring (bicyclic) bond motifs is 1. The molecule has 114 valence electrons. The first kappa shape index (κ1) is 14.5. The summed E-state index contributed by atoms with van der Waals surface area (Å²) in [5, 5.41) is 0.607.